The van der Waals surface area contributed by atoms with Crippen molar-refractivity contribution in [2.24, 2.45) is 4.99 Å². The van der Waals surface area contributed by atoms with E-state index in [1.54, 1.807) is 14.2 Å². The predicted molar refractivity (Wildman–Crippen MR) is 106 cm³/mol. The van der Waals surface area contributed by atoms with Crippen molar-refractivity contribution < 1.29 is 14.3 Å². The highest BCUT2D eigenvalue weighted by atomic mass is 32.2. The summed E-state index contributed by atoms with van der Waals surface area (Å²) in [5, 5.41) is 3.40. The van der Waals surface area contributed by atoms with Crippen LogP contribution in [0.3, 0.4) is 0 Å². The van der Waals surface area contributed by atoms with E-state index in [1.165, 1.54) is 11.8 Å². The van der Waals surface area contributed by atoms with Gasteiger partial charge in [-0.1, -0.05) is 18.2 Å². The molecule has 1 amide bonds. The number of carbonyl (C=O) groups is 1. The van der Waals surface area contributed by atoms with Crippen LogP contribution in [0.4, 0.5) is 5.69 Å². The molecule has 2 aromatic rings. The summed E-state index contributed by atoms with van der Waals surface area (Å²) in [6.07, 6.45) is 1.81. The first kappa shape index (κ1) is 18.1. The van der Waals surface area contributed by atoms with Crippen LogP contribution in [0.1, 0.15) is 16.7 Å². The number of aryl methyl sites for hydroxylation is 2. The van der Waals surface area contributed by atoms with E-state index < -0.39 is 0 Å². The van der Waals surface area contributed by atoms with Crippen molar-refractivity contribution in [2.45, 2.75) is 13.8 Å². The second-order valence-corrected chi connectivity index (χ2v) is 6.92. The number of amidine groups is 1. The predicted octanol–water partition coefficient (Wildman–Crippen LogP) is 4.21. The van der Waals surface area contributed by atoms with Crippen molar-refractivity contribution in [3.05, 3.63) is 58.0 Å². The van der Waals surface area contributed by atoms with Crippen molar-refractivity contribution in [2.75, 3.05) is 14.2 Å². The molecule has 3 rings (SSSR count). The monoisotopic (exact) mass is 368 g/mol. The highest BCUT2D eigenvalue weighted by molar-refractivity contribution is 8.18. The Morgan fingerprint density at radius 2 is 1.81 bits per heavy atom. The molecule has 1 saturated heterocycles. The molecule has 26 heavy (non-hydrogen) atoms. The first-order valence-electron chi connectivity index (χ1n) is 8.09. The fraction of sp³-hybridized carbons (Fsp3) is 0.200. The molecule has 5 nitrogen and oxygen atoms in total. The number of methoxy groups -OCH3 is 2. The number of carbonyl (C=O) groups excluding carboxylic acids is 1. The SMILES string of the molecule is COc1ccc(C=C2SC(=Nc3cc(C)ccc3C)NC2=O)cc1OC. The van der Waals surface area contributed by atoms with Crippen molar-refractivity contribution in [1.29, 1.82) is 0 Å². The summed E-state index contributed by atoms with van der Waals surface area (Å²) in [5.41, 5.74) is 3.91. The van der Waals surface area contributed by atoms with Crippen LogP contribution in [0.25, 0.3) is 6.08 Å². The minimum Gasteiger partial charge on any atom is -0.493 e. The highest BCUT2D eigenvalue weighted by Gasteiger charge is 2.24. The van der Waals surface area contributed by atoms with Crippen LogP contribution in [-0.4, -0.2) is 25.3 Å². The van der Waals surface area contributed by atoms with E-state index in [4.69, 9.17) is 9.47 Å². The molecule has 6 heteroatoms. The minimum atomic E-state index is -0.158. The lowest BCUT2D eigenvalue weighted by Crippen LogP contribution is -2.19. The van der Waals surface area contributed by atoms with Crippen LogP contribution in [0.5, 0.6) is 11.5 Å². The zero-order valence-corrected chi connectivity index (χ0v) is 15.9. The number of benzene rings is 2. The molecule has 1 aliphatic rings. The molecule has 0 unspecified atom stereocenters. The number of nitrogens with one attached hydrogen (secondary N) is 1. The van der Waals surface area contributed by atoms with Gasteiger partial charge in [-0.15, -0.1) is 0 Å². The van der Waals surface area contributed by atoms with Crippen molar-refractivity contribution in [3.63, 3.8) is 0 Å². The molecule has 1 aliphatic heterocycles. The third-order valence-corrected chi connectivity index (χ3v) is 4.85. The average Bonchev–Trinajstić information content (AvgIpc) is 2.97. The van der Waals surface area contributed by atoms with Crippen LogP contribution in [-0.2, 0) is 4.79 Å². The zero-order valence-electron chi connectivity index (χ0n) is 15.1. The molecule has 134 valence electrons. The Labute approximate surface area is 157 Å². The summed E-state index contributed by atoms with van der Waals surface area (Å²) in [7, 11) is 3.17. The standard InChI is InChI=1S/C20H20N2O3S/c1-12-5-6-13(2)15(9-12)21-20-22-19(23)18(26-20)11-14-7-8-16(24-3)17(10-14)25-4/h5-11H,1-4H3,(H,21,22,23). The number of amides is 1. The minimum absolute atomic E-state index is 0.158. The molecule has 0 radical (unpaired) electrons. The number of rotatable bonds is 4. The van der Waals surface area contributed by atoms with Gasteiger partial charge in [-0.2, -0.15) is 0 Å². The Kier molecular flexibility index (Phi) is 5.32. The number of hydrogen-bond donors (Lipinski definition) is 1. The Balaban J connectivity index is 1.87. The van der Waals surface area contributed by atoms with Gasteiger partial charge >= 0.3 is 0 Å². The van der Waals surface area contributed by atoms with E-state index >= 15 is 0 Å². The molecule has 1 N–H and O–H groups in total. The highest BCUT2D eigenvalue weighted by Crippen LogP contribution is 2.32. The molecule has 2 aromatic carbocycles. The average molecular weight is 368 g/mol. The van der Waals surface area contributed by atoms with E-state index in [2.05, 4.69) is 10.3 Å². The number of hydrogen-bond acceptors (Lipinski definition) is 5. The lowest BCUT2D eigenvalue weighted by atomic mass is 10.1. The number of nitrogens with zero attached hydrogens (tertiary/aromatic N) is 1. The van der Waals surface area contributed by atoms with E-state index in [9.17, 15) is 4.79 Å². The molecular formula is C20H20N2O3S. The van der Waals surface area contributed by atoms with E-state index in [-0.39, 0.29) is 5.91 Å². The van der Waals surface area contributed by atoms with Gasteiger partial charge < -0.3 is 14.8 Å². The maximum absolute atomic E-state index is 12.3. The quantitative estimate of drug-likeness (QED) is 0.821. The van der Waals surface area contributed by atoms with Gasteiger partial charge in [0.25, 0.3) is 5.91 Å². The van der Waals surface area contributed by atoms with Crippen LogP contribution < -0.4 is 14.8 Å². The molecule has 1 fully saturated rings. The third kappa shape index (κ3) is 3.91. The molecule has 0 aromatic heterocycles. The summed E-state index contributed by atoms with van der Waals surface area (Å²) in [6, 6.07) is 11.6. The van der Waals surface area contributed by atoms with Crippen molar-refractivity contribution >= 4 is 34.6 Å². The van der Waals surface area contributed by atoms with Gasteiger partial charge in [0, 0.05) is 0 Å². The van der Waals surface area contributed by atoms with E-state index in [1.807, 2.05) is 56.3 Å². The normalized spacial score (nSPS) is 16.8. The Morgan fingerprint density at radius 3 is 2.54 bits per heavy atom. The van der Waals surface area contributed by atoms with Crippen LogP contribution in [0, 0.1) is 13.8 Å². The molecule has 1 heterocycles. The molecule has 0 saturated carbocycles. The second kappa shape index (κ2) is 7.66. The number of ether oxygens (including phenoxy) is 2. The van der Waals surface area contributed by atoms with Gasteiger partial charge in [0.15, 0.2) is 16.7 Å². The summed E-state index contributed by atoms with van der Waals surface area (Å²) in [4.78, 5) is 17.4. The van der Waals surface area contributed by atoms with E-state index in [0.29, 0.717) is 21.6 Å². The molecule has 0 atom stereocenters. The van der Waals surface area contributed by atoms with Gasteiger partial charge in [0.1, 0.15) is 0 Å². The summed E-state index contributed by atoms with van der Waals surface area (Å²) in [6.45, 7) is 4.02. The fourth-order valence-corrected chi connectivity index (χ4v) is 3.36. The Morgan fingerprint density at radius 1 is 1.04 bits per heavy atom. The van der Waals surface area contributed by atoms with Crippen LogP contribution in [0.2, 0.25) is 0 Å². The lowest BCUT2D eigenvalue weighted by molar-refractivity contribution is -0.115. The zero-order chi connectivity index (χ0) is 18.7. The van der Waals surface area contributed by atoms with Gasteiger partial charge in [0.2, 0.25) is 0 Å². The maximum atomic E-state index is 12.3. The van der Waals surface area contributed by atoms with Gasteiger partial charge in [0.05, 0.1) is 24.8 Å². The van der Waals surface area contributed by atoms with Gasteiger partial charge in [-0.25, -0.2) is 4.99 Å². The lowest BCUT2D eigenvalue weighted by Gasteiger charge is -2.07. The summed E-state index contributed by atoms with van der Waals surface area (Å²) < 4.78 is 10.5. The first-order chi connectivity index (χ1) is 12.5. The Hall–Kier alpha value is -2.73. The third-order valence-electron chi connectivity index (χ3n) is 3.94. The molecule has 0 bridgehead atoms. The molecule has 0 aliphatic carbocycles. The molecular weight excluding hydrogens is 348 g/mol. The fourth-order valence-electron chi connectivity index (χ4n) is 2.52. The van der Waals surface area contributed by atoms with Crippen molar-refractivity contribution in [1.82, 2.24) is 5.32 Å². The largest absolute Gasteiger partial charge is 0.493 e. The summed E-state index contributed by atoms with van der Waals surface area (Å²) in [5.74, 6) is 1.11. The maximum Gasteiger partial charge on any atom is 0.264 e. The smallest absolute Gasteiger partial charge is 0.264 e. The summed E-state index contributed by atoms with van der Waals surface area (Å²) >= 11 is 1.32. The van der Waals surface area contributed by atoms with E-state index in [0.717, 1.165) is 22.4 Å². The van der Waals surface area contributed by atoms with Gasteiger partial charge in [-0.05, 0) is 66.6 Å². The van der Waals surface area contributed by atoms with Crippen LogP contribution in [0.15, 0.2) is 46.3 Å². The van der Waals surface area contributed by atoms with Crippen molar-refractivity contribution in [3.8, 4) is 11.5 Å². The molecule has 0 spiro atoms. The number of aliphatic imine (C=N–C) groups is 1. The first-order valence-corrected chi connectivity index (χ1v) is 8.90. The topological polar surface area (TPSA) is 59.9 Å². The van der Waals surface area contributed by atoms with Gasteiger partial charge in [-0.3, -0.25) is 4.79 Å². The van der Waals surface area contributed by atoms with Crippen LogP contribution >= 0.6 is 11.8 Å². The number of thioether (sulfide) groups is 1. The second-order valence-electron chi connectivity index (χ2n) is 5.89. The Bertz CT molecular complexity index is 919.